The lowest BCUT2D eigenvalue weighted by Crippen LogP contribution is -2.27. The van der Waals surface area contributed by atoms with Crippen LogP contribution >= 0.6 is 58.2 Å². The van der Waals surface area contributed by atoms with Crippen molar-refractivity contribution < 1.29 is 14.3 Å². The van der Waals surface area contributed by atoms with Crippen molar-refractivity contribution in [3.63, 3.8) is 0 Å². The number of thioether (sulfide) groups is 1. The molecule has 0 saturated carbocycles. The van der Waals surface area contributed by atoms with E-state index in [0.717, 1.165) is 17.3 Å². The second kappa shape index (κ2) is 10.4. The van der Waals surface area contributed by atoms with Gasteiger partial charge in [-0.05, 0) is 65.4 Å². The highest BCUT2D eigenvalue weighted by Gasteiger charge is 2.35. The third-order valence-electron chi connectivity index (χ3n) is 4.82. The first kappa shape index (κ1) is 24.0. The van der Waals surface area contributed by atoms with Gasteiger partial charge in [0.1, 0.15) is 12.4 Å². The average Bonchev–Trinajstić information content (AvgIpc) is 3.04. The van der Waals surface area contributed by atoms with Gasteiger partial charge in [0.15, 0.2) is 0 Å². The lowest BCUT2D eigenvalue weighted by molar-refractivity contribution is -0.123. The van der Waals surface area contributed by atoms with Gasteiger partial charge in [0.05, 0.1) is 21.5 Å². The zero-order valence-corrected chi connectivity index (χ0v) is 20.7. The van der Waals surface area contributed by atoms with Crippen LogP contribution in [0.2, 0.25) is 20.1 Å². The van der Waals surface area contributed by atoms with Gasteiger partial charge in [0.2, 0.25) is 0 Å². The fraction of sp³-hybridized carbons (Fsp3) is 0.0833. The van der Waals surface area contributed by atoms with E-state index in [2.05, 4.69) is 0 Å². The number of amides is 2. The van der Waals surface area contributed by atoms with Gasteiger partial charge in [0.25, 0.3) is 11.1 Å². The minimum absolute atomic E-state index is 0.121. The van der Waals surface area contributed by atoms with Gasteiger partial charge < -0.3 is 4.74 Å². The lowest BCUT2D eigenvalue weighted by atomic mass is 10.2. The van der Waals surface area contributed by atoms with E-state index in [1.807, 2.05) is 0 Å². The van der Waals surface area contributed by atoms with Crippen LogP contribution in [0.4, 0.5) is 4.79 Å². The molecule has 1 aliphatic rings. The Bertz CT molecular complexity index is 1240. The van der Waals surface area contributed by atoms with Crippen molar-refractivity contribution in [1.29, 1.82) is 0 Å². The number of imide groups is 1. The van der Waals surface area contributed by atoms with Crippen molar-refractivity contribution in [2.24, 2.45) is 0 Å². The normalized spacial score (nSPS) is 14.9. The van der Waals surface area contributed by atoms with Gasteiger partial charge in [-0.15, -0.1) is 0 Å². The van der Waals surface area contributed by atoms with Crippen molar-refractivity contribution in [3.05, 3.63) is 102 Å². The summed E-state index contributed by atoms with van der Waals surface area (Å²) in [6.07, 6.45) is 1.68. The number of halogens is 4. The molecule has 4 nitrogen and oxygen atoms in total. The van der Waals surface area contributed by atoms with Crippen LogP contribution in [0, 0.1) is 0 Å². The molecule has 1 aliphatic heterocycles. The molecule has 1 heterocycles. The van der Waals surface area contributed by atoms with Crippen LogP contribution in [0.15, 0.2) is 65.6 Å². The monoisotopic (exact) mass is 537 g/mol. The van der Waals surface area contributed by atoms with E-state index in [4.69, 9.17) is 51.1 Å². The number of benzene rings is 3. The van der Waals surface area contributed by atoms with Crippen molar-refractivity contribution in [2.45, 2.75) is 13.2 Å². The summed E-state index contributed by atoms with van der Waals surface area (Å²) in [7, 11) is 0. The van der Waals surface area contributed by atoms with E-state index in [0.29, 0.717) is 41.9 Å². The highest BCUT2D eigenvalue weighted by Crippen LogP contribution is 2.34. The van der Waals surface area contributed by atoms with Crippen molar-refractivity contribution in [3.8, 4) is 5.75 Å². The largest absolute Gasteiger partial charge is 0.489 e. The molecule has 0 bridgehead atoms. The lowest BCUT2D eigenvalue weighted by Gasteiger charge is -2.13. The van der Waals surface area contributed by atoms with E-state index < -0.39 is 0 Å². The van der Waals surface area contributed by atoms with Gasteiger partial charge in [-0.2, -0.15) is 0 Å². The number of rotatable bonds is 6. The first-order valence-corrected chi connectivity index (χ1v) is 12.0. The summed E-state index contributed by atoms with van der Waals surface area (Å²) >= 11 is 25.2. The molecule has 2 amide bonds. The highest BCUT2D eigenvalue weighted by molar-refractivity contribution is 8.18. The van der Waals surface area contributed by atoms with Crippen LogP contribution in [0.3, 0.4) is 0 Å². The number of hydrogen-bond donors (Lipinski definition) is 0. The molecule has 0 atom stereocenters. The molecule has 3 aromatic carbocycles. The third-order valence-corrected chi connectivity index (χ3v) is 7.18. The van der Waals surface area contributed by atoms with Crippen LogP contribution < -0.4 is 4.74 Å². The zero-order chi connectivity index (χ0) is 23.5. The molecule has 9 heteroatoms. The number of carbonyl (C=O) groups excluding carboxylic acids is 2. The summed E-state index contributed by atoms with van der Waals surface area (Å²) in [6.45, 7) is 0.349. The van der Waals surface area contributed by atoms with Gasteiger partial charge >= 0.3 is 0 Å². The minimum Gasteiger partial charge on any atom is -0.489 e. The smallest absolute Gasteiger partial charge is 0.293 e. The molecule has 4 rings (SSSR count). The predicted octanol–water partition coefficient (Wildman–Crippen LogP) is 8.12. The fourth-order valence-electron chi connectivity index (χ4n) is 3.09. The second-order valence-electron chi connectivity index (χ2n) is 7.07. The number of carbonyl (C=O) groups is 2. The molecule has 0 aliphatic carbocycles. The Morgan fingerprint density at radius 2 is 1.55 bits per heavy atom. The molecular formula is C24H15Cl4NO3S. The van der Waals surface area contributed by atoms with E-state index in [1.54, 1.807) is 66.7 Å². The fourth-order valence-corrected chi connectivity index (χ4v) is 4.76. The maximum atomic E-state index is 12.8. The quantitative estimate of drug-likeness (QED) is 0.297. The molecule has 3 aromatic rings. The molecule has 0 N–H and O–H groups in total. The van der Waals surface area contributed by atoms with Gasteiger partial charge in [-0.1, -0.05) is 70.7 Å². The van der Waals surface area contributed by atoms with Crippen LogP contribution in [0.1, 0.15) is 16.7 Å². The minimum atomic E-state index is -0.357. The maximum Gasteiger partial charge on any atom is 0.293 e. The Kier molecular flexibility index (Phi) is 7.57. The molecular weight excluding hydrogens is 524 g/mol. The summed E-state index contributed by atoms with van der Waals surface area (Å²) in [5.74, 6) is 0.264. The van der Waals surface area contributed by atoms with E-state index in [1.165, 1.54) is 4.90 Å². The SMILES string of the molecule is O=C1S/C(=C\c2ccc(OCc3c(Cl)cccc3Cl)cc2)C(=O)N1Cc1ccc(Cl)c(Cl)c1. The van der Waals surface area contributed by atoms with E-state index in [9.17, 15) is 9.59 Å². The van der Waals surface area contributed by atoms with Gasteiger partial charge in [0, 0.05) is 15.6 Å². The van der Waals surface area contributed by atoms with E-state index >= 15 is 0 Å². The van der Waals surface area contributed by atoms with Crippen LogP contribution in [-0.2, 0) is 17.9 Å². The summed E-state index contributed by atoms with van der Waals surface area (Å²) < 4.78 is 5.77. The van der Waals surface area contributed by atoms with Gasteiger partial charge in [-0.3, -0.25) is 14.5 Å². The molecule has 1 fully saturated rings. The van der Waals surface area contributed by atoms with Gasteiger partial charge in [-0.25, -0.2) is 0 Å². The Balaban J connectivity index is 1.42. The predicted molar refractivity (Wildman–Crippen MR) is 135 cm³/mol. The Morgan fingerprint density at radius 1 is 0.848 bits per heavy atom. The second-order valence-corrected chi connectivity index (χ2v) is 9.70. The maximum absolute atomic E-state index is 12.8. The molecule has 33 heavy (non-hydrogen) atoms. The van der Waals surface area contributed by atoms with E-state index in [-0.39, 0.29) is 24.3 Å². The van der Waals surface area contributed by atoms with Crippen molar-refractivity contribution in [2.75, 3.05) is 0 Å². The molecule has 0 aromatic heterocycles. The average molecular weight is 539 g/mol. The molecule has 0 spiro atoms. The Hall–Kier alpha value is -2.15. The van der Waals surface area contributed by atoms with Crippen LogP contribution in [0.25, 0.3) is 6.08 Å². The topological polar surface area (TPSA) is 46.6 Å². The number of ether oxygens (including phenoxy) is 1. The summed E-state index contributed by atoms with van der Waals surface area (Å²) in [4.78, 5) is 26.7. The molecule has 0 unspecified atom stereocenters. The molecule has 0 radical (unpaired) electrons. The van der Waals surface area contributed by atoms with Crippen LogP contribution in [-0.4, -0.2) is 16.0 Å². The van der Waals surface area contributed by atoms with Crippen molar-refractivity contribution in [1.82, 2.24) is 4.90 Å². The van der Waals surface area contributed by atoms with Crippen LogP contribution in [0.5, 0.6) is 5.75 Å². The first-order chi connectivity index (χ1) is 15.8. The molecule has 1 saturated heterocycles. The Morgan fingerprint density at radius 3 is 2.21 bits per heavy atom. The standard InChI is InChI=1S/C24H15Cl4NO3S/c25-18-2-1-3-19(26)17(18)13-32-16-7-4-14(5-8-16)11-22-23(30)29(24(31)33-22)12-15-6-9-20(27)21(28)10-15/h1-11H,12-13H2/b22-11-. The third kappa shape index (κ3) is 5.68. The summed E-state index contributed by atoms with van der Waals surface area (Å²) in [5, 5.41) is 1.52. The zero-order valence-electron chi connectivity index (χ0n) is 16.9. The number of nitrogens with zero attached hydrogens (tertiary/aromatic N) is 1. The number of hydrogen-bond acceptors (Lipinski definition) is 4. The summed E-state index contributed by atoms with van der Waals surface area (Å²) in [5.41, 5.74) is 2.19. The Labute approximate surface area is 215 Å². The van der Waals surface area contributed by atoms with Crippen molar-refractivity contribution >= 4 is 75.4 Å². The molecule has 168 valence electrons. The summed E-state index contributed by atoms with van der Waals surface area (Å²) in [6, 6.07) is 17.4. The first-order valence-electron chi connectivity index (χ1n) is 9.67. The highest BCUT2D eigenvalue weighted by atomic mass is 35.5.